The van der Waals surface area contributed by atoms with E-state index in [0.29, 0.717) is 25.8 Å². The zero-order valence-electron chi connectivity index (χ0n) is 11.8. The van der Waals surface area contributed by atoms with Crippen molar-refractivity contribution in [2.24, 2.45) is 0 Å². The third-order valence-corrected chi connectivity index (χ3v) is 2.37. The lowest BCUT2D eigenvalue weighted by atomic mass is 10.2. The molecule has 0 aromatic carbocycles. The maximum Gasteiger partial charge on any atom is 0.222 e. The molecule has 5 nitrogen and oxygen atoms in total. The lowest BCUT2D eigenvalue weighted by Crippen LogP contribution is -2.33. The molecule has 0 saturated heterocycles. The number of likely N-dealkylation sites (N-methyl/N-ethyl adjacent to an activating group) is 2. The Morgan fingerprint density at radius 3 is 2.33 bits per heavy atom. The molecular formula is C12H26ClN3O2. The predicted molar refractivity (Wildman–Crippen MR) is 75.9 cm³/mol. The number of halogens is 1. The van der Waals surface area contributed by atoms with E-state index < -0.39 is 0 Å². The predicted octanol–water partition coefficient (Wildman–Crippen LogP) is 0.781. The molecule has 0 aliphatic carbocycles. The van der Waals surface area contributed by atoms with E-state index in [9.17, 15) is 9.59 Å². The zero-order chi connectivity index (χ0) is 13.3. The first-order valence-electron chi connectivity index (χ1n) is 6.15. The van der Waals surface area contributed by atoms with Crippen molar-refractivity contribution in [2.75, 3.05) is 27.2 Å². The molecule has 0 heterocycles. The molecule has 0 aliphatic rings. The SMILES string of the molecule is CNCCN(C)C(=O)CCCC(=O)NC(C)C.Cl. The summed E-state index contributed by atoms with van der Waals surface area (Å²) in [5, 5.41) is 5.80. The fourth-order valence-electron chi connectivity index (χ4n) is 1.39. The molecule has 6 heteroatoms. The highest BCUT2D eigenvalue weighted by Crippen LogP contribution is 1.99. The number of carbonyl (C=O) groups is 2. The van der Waals surface area contributed by atoms with Gasteiger partial charge in [-0.05, 0) is 27.3 Å². The normalized spacial score (nSPS) is 9.83. The number of hydrogen-bond donors (Lipinski definition) is 2. The Bertz CT molecular complexity index is 247. The first-order valence-corrected chi connectivity index (χ1v) is 6.15. The zero-order valence-corrected chi connectivity index (χ0v) is 12.6. The molecule has 0 radical (unpaired) electrons. The highest BCUT2D eigenvalue weighted by atomic mass is 35.5. The van der Waals surface area contributed by atoms with Crippen molar-refractivity contribution < 1.29 is 9.59 Å². The Labute approximate surface area is 116 Å². The summed E-state index contributed by atoms with van der Waals surface area (Å²) >= 11 is 0. The van der Waals surface area contributed by atoms with Crippen LogP contribution in [0, 0.1) is 0 Å². The smallest absolute Gasteiger partial charge is 0.222 e. The molecule has 0 fully saturated rings. The van der Waals surface area contributed by atoms with Crippen LogP contribution >= 0.6 is 12.4 Å². The van der Waals surface area contributed by atoms with Gasteiger partial charge in [0.1, 0.15) is 0 Å². The summed E-state index contributed by atoms with van der Waals surface area (Å²) in [7, 11) is 3.64. The number of rotatable bonds is 8. The summed E-state index contributed by atoms with van der Waals surface area (Å²) in [4.78, 5) is 24.6. The van der Waals surface area contributed by atoms with Gasteiger partial charge in [0.15, 0.2) is 0 Å². The molecule has 2 amide bonds. The van der Waals surface area contributed by atoms with Gasteiger partial charge in [0, 0.05) is 39.0 Å². The summed E-state index contributed by atoms with van der Waals surface area (Å²) in [5.41, 5.74) is 0. The molecule has 0 spiro atoms. The Morgan fingerprint density at radius 2 is 1.83 bits per heavy atom. The summed E-state index contributed by atoms with van der Waals surface area (Å²) < 4.78 is 0. The monoisotopic (exact) mass is 279 g/mol. The number of carbonyl (C=O) groups excluding carboxylic acids is 2. The second-order valence-electron chi connectivity index (χ2n) is 4.49. The van der Waals surface area contributed by atoms with Crippen LogP contribution in [0.5, 0.6) is 0 Å². The Balaban J connectivity index is 0. The summed E-state index contributed by atoms with van der Waals surface area (Å²) in [6, 6.07) is 0.163. The minimum Gasteiger partial charge on any atom is -0.354 e. The molecular weight excluding hydrogens is 254 g/mol. The summed E-state index contributed by atoms with van der Waals surface area (Å²) in [5.74, 6) is 0.114. The third kappa shape index (κ3) is 10.4. The van der Waals surface area contributed by atoms with Crippen molar-refractivity contribution >= 4 is 24.2 Å². The Hall–Kier alpha value is -0.810. The largest absolute Gasteiger partial charge is 0.354 e. The van der Waals surface area contributed by atoms with Crippen LogP contribution in [0.1, 0.15) is 33.1 Å². The summed E-state index contributed by atoms with van der Waals surface area (Å²) in [6.07, 6.45) is 1.47. The van der Waals surface area contributed by atoms with Crippen LogP contribution in [-0.4, -0.2) is 49.9 Å². The molecule has 2 N–H and O–H groups in total. The molecule has 0 unspecified atom stereocenters. The van der Waals surface area contributed by atoms with Crippen LogP contribution in [0.2, 0.25) is 0 Å². The van der Waals surface area contributed by atoms with Gasteiger partial charge >= 0.3 is 0 Å². The van der Waals surface area contributed by atoms with Gasteiger partial charge in [0.2, 0.25) is 11.8 Å². The van der Waals surface area contributed by atoms with E-state index in [1.807, 2.05) is 20.9 Å². The van der Waals surface area contributed by atoms with Crippen LogP contribution in [0.4, 0.5) is 0 Å². The molecule has 0 atom stereocenters. The number of nitrogens with zero attached hydrogens (tertiary/aromatic N) is 1. The number of hydrogen-bond acceptors (Lipinski definition) is 3. The van der Waals surface area contributed by atoms with Crippen molar-refractivity contribution in [3.63, 3.8) is 0 Å². The summed E-state index contributed by atoms with van der Waals surface area (Å²) in [6.45, 7) is 5.34. The second kappa shape index (κ2) is 11.3. The van der Waals surface area contributed by atoms with Crippen LogP contribution < -0.4 is 10.6 Å². The fraction of sp³-hybridized carbons (Fsp3) is 0.833. The van der Waals surface area contributed by atoms with Crippen LogP contribution in [0.15, 0.2) is 0 Å². The van der Waals surface area contributed by atoms with Crippen molar-refractivity contribution in [1.29, 1.82) is 0 Å². The quantitative estimate of drug-likeness (QED) is 0.690. The van der Waals surface area contributed by atoms with Crippen LogP contribution in [-0.2, 0) is 9.59 Å². The molecule has 0 saturated carbocycles. The molecule has 0 rings (SSSR count). The van der Waals surface area contributed by atoms with Crippen LogP contribution in [0.3, 0.4) is 0 Å². The first-order chi connectivity index (χ1) is 7.97. The highest BCUT2D eigenvalue weighted by Gasteiger charge is 2.09. The maximum absolute atomic E-state index is 11.6. The third-order valence-electron chi connectivity index (χ3n) is 2.37. The lowest BCUT2D eigenvalue weighted by molar-refractivity contribution is -0.130. The van der Waals surface area contributed by atoms with E-state index in [4.69, 9.17) is 0 Å². The number of nitrogens with one attached hydrogen (secondary N) is 2. The van der Waals surface area contributed by atoms with E-state index in [2.05, 4.69) is 10.6 Å². The molecule has 18 heavy (non-hydrogen) atoms. The highest BCUT2D eigenvalue weighted by molar-refractivity contribution is 5.85. The van der Waals surface area contributed by atoms with Gasteiger partial charge in [-0.1, -0.05) is 0 Å². The average molecular weight is 280 g/mol. The number of amides is 2. The van der Waals surface area contributed by atoms with E-state index in [-0.39, 0.29) is 30.3 Å². The van der Waals surface area contributed by atoms with Gasteiger partial charge in [0.05, 0.1) is 0 Å². The van der Waals surface area contributed by atoms with Crippen molar-refractivity contribution in [3.05, 3.63) is 0 Å². The van der Waals surface area contributed by atoms with Crippen molar-refractivity contribution in [1.82, 2.24) is 15.5 Å². The van der Waals surface area contributed by atoms with Crippen molar-refractivity contribution in [2.45, 2.75) is 39.2 Å². The Morgan fingerprint density at radius 1 is 1.22 bits per heavy atom. The standard InChI is InChI=1S/C12H25N3O2.ClH/c1-10(2)14-11(16)6-5-7-12(17)15(4)9-8-13-3;/h10,13H,5-9H2,1-4H3,(H,14,16);1H. The average Bonchev–Trinajstić information content (AvgIpc) is 2.24. The molecule has 0 aliphatic heterocycles. The van der Waals surface area contributed by atoms with Gasteiger partial charge in [0.25, 0.3) is 0 Å². The van der Waals surface area contributed by atoms with Gasteiger partial charge in [-0.2, -0.15) is 0 Å². The van der Waals surface area contributed by atoms with Crippen molar-refractivity contribution in [3.8, 4) is 0 Å². The fourth-order valence-corrected chi connectivity index (χ4v) is 1.39. The first kappa shape index (κ1) is 19.5. The van der Waals surface area contributed by atoms with E-state index in [1.54, 1.807) is 11.9 Å². The topological polar surface area (TPSA) is 61.4 Å². The van der Waals surface area contributed by atoms with E-state index in [1.165, 1.54) is 0 Å². The van der Waals surface area contributed by atoms with E-state index in [0.717, 1.165) is 6.54 Å². The van der Waals surface area contributed by atoms with Gasteiger partial charge < -0.3 is 15.5 Å². The molecule has 0 bridgehead atoms. The molecule has 0 aromatic heterocycles. The van der Waals surface area contributed by atoms with Gasteiger partial charge in [-0.25, -0.2) is 0 Å². The van der Waals surface area contributed by atoms with Gasteiger partial charge in [-0.3, -0.25) is 9.59 Å². The Kier molecular flexibility index (Phi) is 12.2. The van der Waals surface area contributed by atoms with Crippen LogP contribution in [0.25, 0.3) is 0 Å². The minimum absolute atomic E-state index is 0. The maximum atomic E-state index is 11.6. The molecule has 108 valence electrons. The van der Waals surface area contributed by atoms with Gasteiger partial charge in [-0.15, -0.1) is 12.4 Å². The minimum atomic E-state index is 0. The van der Waals surface area contributed by atoms with E-state index >= 15 is 0 Å². The molecule has 0 aromatic rings. The second-order valence-corrected chi connectivity index (χ2v) is 4.49. The lowest BCUT2D eigenvalue weighted by Gasteiger charge is -2.16.